The lowest BCUT2D eigenvalue weighted by Gasteiger charge is -2.38. The summed E-state index contributed by atoms with van der Waals surface area (Å²) in [5, 5.41) is 0.159. The number of para-hydroxylation sites is 1. The second-order valence-electron chi connectivity index (χ2n) is 8.55. The topological polar surface area (TPSA) is 46.6 Å². The molecule has 1 aliphatic heterocycles. The number of rotatable bonds is 5. The van der Waals surface area contributed by atoms with Crippen molar-refractivity contribution in [2.24, 2.45) is 0 Å². The molecule has 1 amide bonds. The number of ketones is 1. The van der Waals surface area contributed by atoms with Gasteiger partial charge in [0.2, 0.25) is 5.91 Å². The van der Waals surface area contributed by atoms with Crippen LogP contribution in [0, 0.1) is 0 Å². The largest absolute Gasteiger partial charge is 0.414 e. The van der Waals surface area contributed by atoms with Gasteiger partial charge < -0.3 is 9.33 Å². The smallest absolute Gasteiger partial charge is 0.224 e. The van der Waals surface area contributed by atoms with Crippen LogP contribution in [0.25, 0.3) is 0 Å². The van der Waals surface area contributed by atoms with E-state index in [2.05, 4.69) is 40.8 Å². The zero-order valence-electron chi connectivity index (χ0n) is 16.6. The molecule has 138 valence electrons. The molecule has 0 aliphatic carbocycles. The third kappa shape index (κ3) is 4.03. The summed E-state index contributed by atoms with van der Waals surface area (Å²) in [6.45, 7) is 14.7. The van der Waals surface area contributed by atoms with Crippen molar-refractivity contribution in [2.45, 2.75) is 77.7 Å². The van der Waals surface area contributed by atoms with E-state index in [1.54, 1.807) is 4.90 Å². The maximum absolute atomic E-state index is 12.7. The number of hydrogen-bond donors (Lipinski definition) is 0. The molecule has 1 heterocycles. The van der Waals surface area contributed by atoms with Crippen LogP contribution in [0.15, 0.2) is 24.3 Å². The van der Waals surface area contributed by atoms with Crippen molar-refractivity contribution < 1.29 is 14.0 Å². The minimum Gasteiger partial charge on any atom is -0.414 e. The Morgan fingerprint density at radius 2 is 1.88 bits per heavy atom. The van der Waals surface area contributed by atoms with Crippen molar-refractivity contribution in [2.75, 3.05) is 4.90 Å². The van der Waals surface area contributed by atoms with E-state index in [9.17, 15) is 9.59 Å². The summed E-state index contributed by atoms with van der Waals surface area (Å²) in [5.74, 6) is -0.0356. The van der Waals surface area contributed by atoms with Gasteiger partial charge in [0.05, 0.1) is 5.69 Å². The van der Waals surface area contributed by atoms with Gasteiger partial charge in [0.1, 0.15) is 6.04 Å². The Kier molecular flexibility index (Phi) is 5.59. The molecule has 0 fully saturated rings. The van der Waals surface area contributed by atoms with Crippen LogP contribution in [0.3, 0.4) is 0 Å². The number of hydrogen-bond acceptors (Lipinski definition) is 3. The van der Waals surface area contributed by atoms with Crippen LogP contribution in [0.5, 0.6) is 0 Å². The number of anilines is 1. The summed E-state index contributed by atoms with van der Waals surface area (Å²) in [6.07, 6.45) is 1.47. The fourth-order valence-electron chi connectivity index (χ4n) is 3.14. The first kappa shape index (κ1) is 19.9. The van der Waals surface area contributed by atoms with Crippen LogP contribution in [0.1, 0.15) is 57.8 Å². The highest BCUT2D eigenvalue weighted by atomic mass is 28.4. The van der Waals surface area contributed by atoms with Crippen molar-refractivity contribution in [1.29, 1.82) is 0 Å². The summed E-state index contributed by atoms with van der Waals surface area (Å²) in [5.41, 5.74) is 1.39. The van der Waals surface area contributed by atoms with Crippen molar-refractivity contribution in [3.8, 4) is 0 Å². The third-order valence-corrected chi connectivity index (χ3v) is 10.1. The van der Waals surface area contributed by atoms with E-state index >= 15 is 0 Å². The van der Waals surface area contributed by atoms with E-state index in [0.717, 1.165) is 12.1 Å². The first-order chi connectivity index (χ1) is 11.5. The number of nitrogens with zero attached hydrogens (tertiary/aromatic N) is 1. The van der Waals surface area contributed by atoms with E-state index in [1.165, 1.54) is 6.92 Å². The Labute approximate surface area is 152 Å². The molecule has 25 heavy (non-hydrogen) atoms. The van der Waals surface area contributed by atoms with E-state index in [0.29, 0.717) is 12.0 Å². The van der Waals surface area contributed by atoms with Crippen LogP contribution >= 0.6 is 0 Å². The Bertz CT molecular complexity index is 663. The number of Topliss-reactive ketones (excluding diaryl/α,β-unsaturated/α-hetero) is 1. The molecule has 0 spiro atoms. The second-order valence-corrected chi connectivity index (χ2v) is 13.3. The second kappa shape index (κ2) is 7.04. The fraction of sp³-hybridized carbons (Fsp3) is 0.600. The van der Waals surface area contributed by atoms with Gasteiger partial charge in [-0.15, -0.1) is 0 Å². The molecule has 1 aromatic rings. The quantitative estimate of drug-likeness (QED) is 0.708. The lowest BCUT2D eigenvalue weighted by molar-refractivity contribution is -0.116. The first-order valence-electron chi connectivity index (χ1n) is 9.06. The van der Waals surface area contributed by atoms with Gasteiger partial charge >= 0.3 is 0 Å². The molecule has 0 radical (unpaired) electrons. The normalized spacial score (nSPS) is 19.1. The SMILES string of the molecule is CC(=O)N1c2ccccc2C(=O)C1CCC(C)O[Si](C)(C)C(C)(C)C. The Morgan fingerprint density at radius 3 is 2.44 bits per heavy atom. The monoisotopic (exact) mass is 361 g/mol. The highest BCUT2D eigenvalue weighted by Gasteiger charge is 2.41. The van der Waals surface area contributed by atoms with E-state index < -0.39 is 14.4 Å². The number of amides is 1. The molecular weight excluding hydrogens is 330 g/mol. The summed E-state index contributed by atoms with van der Waals surface area (Å²) in [6, 6.07) is 6.97. The molecule has 0 N–H and O–H groups in total. The average Bonchev–Trinajstić information content (AvgIpc) is 2.76. The van der Waals surface area contributed by atoms with Crippen LogP contribution in [0.2, 0.25) is 18.1 Å². The standard InChI is InChI=1S/C20H31NO3Si/c1-14(24-25(6,7)20(3,4)5)12-13-18-19(23)16-10-8-9-11-17(16)21(18)15(2)22/h8-11,14,18H,12-13H2,1-7H3. The molecule has 0 saturated heterocycles. The predicted octanol–water partition coefficient (Wildman–Crippen LogP) is 4.79. The molecule has 0 bridgehead atoms. The predicted molar refractivity (Wildman–Crippen MR) is 105 cm³/mol. The van der Waals surface area contributed by atoms with Crippen molar-refractivity contribution in [3.05, 3.63) is 29.8 Å². The van der Waals surface area contributed by atoms with Crippen molar-refractivity contribution >= 4 is 25.7 Å². The molecule has 2 rings (SSSR count). The molecule has 1 aliphatic rings. The third-order valence-electron chi connectivity index (χ3n) is 5.53. The molecule has 0 aromatic heterocycles. The zero-order valence-corrected chi connectivity index (χ0v) is 17.6. The molecular formula is C20H31NO3Si. The zero-order chi connectivity index (χ0) is 19.0. The van der Waals surface area contributed by atoms with Crippen LogP contribution < -0.4 is 4.90 Å². The van der Waals surface area contributed by atoms with E-state index in [4.69, 9.17) is 4.43 Å². The minimum atomic E-state index is -1.83. The van der Waals surface area contributed by atoms with Crippen molar-refractivity contribution in [3.63, 3.8) is 0 Å². The van der Waals surface area contributed by atoms with Crippen LogP contribution in [-0.4, -0.2) is 32.2 Å². The Balaban J connectivity index is 2.08. The van der Waals surface area contributed by atoms with Gasteiger partial charge in [-0.2, -0.15) is 0 Å². The lowest BCUT2D eigenvalue weighted by atomic mass is 10.0. The van der Waals surface area contributed by atoms with Crippen LogP contribution in [-0.2, 0) is 9.22 Å². The average molecular weight is 362 g/mol. The number of carbonyl (C=O) groups is 2. The maximum Gasteiger partial charge on any atom is 0.224 e. The number of carbonyl (C=O) groups excluding carboxylic acids is 2. The van der Waals surface area contributed by atoms with Gasteiger partial charge in [-0.05, 0) is 50.0 Å². The molecule has 4 nitrogen and oxygen atoms in total. The Morgan fingerprint density at radius 1 is 1.28 bits per heavy atom. The molecule has 2 unspecified atom stereocenters. The van der Waals surface area contributed by atoms with Gasteiger partial charge in [-0.1, -0.05) is 32.9 Å². The lowest BCUT2D eigenvalue weighted by Crippen LogP contribution is -2.44. The van der Waals surface area contributed by atoms with E-state index in [1.807, 2.05) is 24.3 Å². The summed E-state index contributed by atoms with van der Waals surface area (Å²) in [4.78, 5) is 26.5. The molecule has 2 atom stereocenters. The number of benzene rings is 1. The molecule has 0 saturated carbocycles. The first-order valence-corrected chi connectivity index (χ1v) is 12.0. The highest BCUT2D eigenvalue weighted by Crippen LogP contribution is 2.38. The summed E-state index contributed by atoms with van der Waals surface area (Å²) >= 11 is 0. The van der Waals surface area contributed by atoms with Crippen LogP contribution in [0.4, 0.5) is 5.69 Å². The molecule has 5 heteroatoms. The maximum atomic E-state index is 12.7. The van der Waals surface area contributed by atoms with Gasteiger partial charge in [-0.25, -0.2) is 0 Å². The van der Waals surface area contributed by atoms with Gasteiger partial charge in [-0.3, -0.25) is 9.59 Å². The molecule has 1 aromatic carbocycles. The minimum absolute atomic E-state index is 0.0466. The fourth-order valence-corrected chi connectivity index (χ4v) is 4.61. The van der Waals surface area contributed by atoms with Gasteiger partial charge in [0.15, 0.2) is 14.1 Å². The van der Waals surface area contributed by atoms with E-state index in [-0.39, 0.29) is 22.8 Å². The summed E-state index contributed by atoms with van der Waals surface area (Å²) < 4.78 is 6.39. The summed E-state index contributed by atoms with van der Waals surface area (Å²) in [7, 11) is -1.83. The highest BCUT2D eigenvalue weighted by molar-refractivity contribution is 6.74. The van der Waals surface area contributed by atoms with Crippen molar-refractivity contribution in [1.82, 2.24) is 0 Å². The number of fused-ring (bicyclic) bond motifs is 1. The van der Waals surface area contributed by atoms with Gasteiger partial charge in [0.25, 0.3) is 0 Å². The Hall–Kier alpha value is -1.46. The van der Waals surface area contributed by atoms with Gasteiger partial charge in [0, 0.05) is 18.6 Å².